The van der Waals surface area contributed by atoms with E-state index in [9.17, 15) is 9.59 Å². The highest BCUT2D eigenvalue weighted by Crippen LogP contribution is 2.29. The molecule has 2 amide bonds. The van der Waals surface area contributed by atoms with E-state index in [1.807, 2.05) is 13.8 Å². The Morgan fingerprint density at radius 3 is 2.58 bits per heavy atom. The van der Waals surface area contributed by atoms with Crippen molar-refractivity contribution in [3.63, 3.8) is 0 Å². The number of nitrogens with two attached hydrogens (primary N) is 1. The van der Waals surface area contributed by atoms with Crippen LogP contribution in [0.2, 0.25) is 0 Å². The van der Waals surface area contributed by atoms with Gasteiger partial charge in [-0.3, -0.25) is 14.7 Å². The molecule has 0 bridgehead atoms. The van der Waals surface area contributed by atoms with Gasteiger partial charge in [0.05, 0.1) is 12.3 Å². The van der Waals surface area contributed by atoms with E-state index in [0.29, 0.717) is 34.3 Å². The fraction of sp³-hybridized carbons (Fsp3) is 0.143. The molecule has 168 valence electrons. The van der Waals surface area contributed by atoms with Crippen molar-refractivity contribution in [2.24, 2.45) is 5.73 Å². The van der Waals surface area contributed by atoms with E-state index in [1.165, 1.54) is 6.20 Å². The second kappa shape index (κ2) is 9.18. The Balaban J connectivity index is 1.55. The van der Waals surface area contributed by atoms with E-state index in [0.717, 1.165) is 0 Å². The average Bonchev–Trinajstić information content (AvgIpc) is 3.46. The zero-order valence-electron chi connectivity index (χ0n) is 17.6. The van der Waals surface area contributed by atoms with Crippen molar-refractivity contribution in [1.29, 1.82) is 0 Å². The number of H-pyrrole nitrogens is 1. The first kappa shape index (κ1) is 21.5. The summed E-state index contributed by atoms with van der Waals surface area (Å²) in [5, 5.41) is 12.7. The van der Waals surface area contributed by atoms with Crippen molar-refractivity contribution in [3.05, 3.63) is 60.2 Å². The highest BCUT2D eigenvalue weighted by Gasteiger charge is 2.15. The Kier molecular flexibility index (Phi) is 5.98. The van der Waals surface area contributed by atoms with Crippen LogP contribution < -0.4 is 20.5 Å². The lowest BCUT2D eigenvalue weighted by Crippen LogP contribution is -2.13. The smallest absolute Gasteiger partial charge is 0.290 e. The van der Waals surface area contributed by atoms with E-state index >= 15 is 0 Å². The van der Waals surface area contributed by atoms with Gasteiger partial charge in [-0.15, -0.1) is 0 Å². The third-order valence-electron chi connectivity index (χ3n) is 4.09. The van der Waals surface area contributed by atoms with Crippen LogP contribution in [0.5, 0.6) is 17.2 Å². The van der Waals surface area contributed by atoms with Gasteiger partial charge >= 0.3 is 0 Å². The molecule has 1 aromatic carbocycles. The fourth-order valence-electron chi connectivity index (χ4n) is 2.75. The van der Waals surface area contributed by atoms with Crippen LogP contribution in [0.3, 0.4) is 0 Å². The van der Waals surface area contributed by atoms with E-state index in [1.54, 1.807) is 42.6 Å². The minimum Gasteiger partial charge on any atom is -0.491 e. The average molecular weight is 449 g/mol. The van der Waals surface area contributed by atoms with Crippen molar-refractivity contribution >= 4 is 17.6 Å². The monoisotopic (exact) mass is 449 g/mol. The summed E-state index contributed by atoms with van der Waals surface area (Å²) in [6.07, 6.45) is 2.92. The Morgan fingerprint density at radius 2 is 1.94 bits per heavy atom. The van der Waals surface area contributed by atoms with Crippen LogP contribution in [0.25, 0.3) is 11.6 Å². The molecular weight excluding hydrogens is 430 g/mol. The van der Waals surface area contributed by atoms with Crippen molar-refractivity contribution < 1.29 is 23.6 Å². The van der Waals surface area contributed by atoms with Gasteiger partial charge < -0.3 is 25.0 Å². The minimum absolute atomic E-state index is 0.0417. The zero-order valence-corrected chi connectivity index (χ0v) is 17.6. The summed E-state index contributed by atoms with van der Waals surface area (Å²) in [5.41, 5.74) is 5.77. The predicted molar refractivity (Wildman–Crippen MR) is 115 cm³/mol. The molecule has 0 unspecified atom stereocenters. The number of primary amides is 1. The molecule has 0 aliphatic rings. The van der Waals surface area contributed by atoms with Crippen LogP contribution >= 0.6 is 0 Å². The second-order valence-corrected chi connectivity index (χ2v) is 7.04. The molecule has 0 aliphatic heterocycles. The van der Waals surface area contributed by atoms with E-state index in [4.69, 9.17) is 19.7 Å². The molecule has 0 radical (unpaired) electrons. The second-order valence-electron chi connectivity index (χ2n) is 7.04. The number of carbonyl (C=O) groups excluding carboxylic acids is 2. The number of carbonyl (C=O) groups is 2. The number of ether oxygens (including phenoxy) is 2. The summed E-state index contributed by atoms with van der Waals surface area (Å²) < 4.78 is 16.6. The van der Waals surface area contributed by atoms with E-state index in [2.05, 4.69) is 30.6 Å². The zero-order chi connectivity index (χ0) is 23.4. The third kappa shape index (κ3) is 5.31. The molecule has 0 atom stereocenters. The minimum atomic E-state index is -0.805. The van der Waals surface area contributed by atoms with Gasteiger partial charge in [0, 0.05) is 23.9 Å². The molecule has 12 heteroatoms. The molecule has 0 fully saturated rings. The van der Waals surface area contributed by atoms with Crippen molar-refractivity contribution in [3.8, 4) is 28.8 Å². The fourth-order valence-corrected chi connectivity index (χ4v) is 2.75. The Hall–Kier alpha value is -4.74. The normalized spacial score (nSPS) is 10.8. The van der Waals surface area contributed by atoms with Gasteiger partial charge in [-0.25, -0.2) is 4.98 Å². The number of aromatic amines is 1. The Morgan fingerprint density at radius 1 is 1.12 bits per heavy atom. The number of anilines is 1. The highest BCUT2D eigenvalue weighted by molar-refractivity contribution is 6.04. The van der Waals surface area contributed by atoms with Gasteiger partial charge in [0.25, 0.3) is 23.5 Å². The number of nitrogens with zero attached hydrogens (tertiary/aromatic N) is 4. The summed E-state index contributed by atoms with van der Waals surface area (Å²) >= 11 is 0. The van der Waals surface area contributed by atoms with Crippen molar-refractivity contribution in [1.82, 2.24) is 25.3 Å². The molecule has 4 aromatic rings. The summed E-state index contributed by atoms with van der Waals surface area (Å²) in [5.74, 6) is 0.214. The van der Waals surface area contributed by atoms with Crippen molar-refractivity contribution in [2.45, 2.75) is 20.0 Å². The molecule has 0 aliphatic carbocycles. The van der Waals surface area contributed by atoms with Crippen LogP contribution in [-0.2, 0) is 0 Å². The molecule has 0 spiro atoms. The molecule has 4 N–H and O–H groups in total. The summed E-state index contributed by atoms with van der Waals surface area (Å²) in [7, 11) is 0. The van der Waals surface area contributed by atoms with Gasteiger partial charge in [-0.05, 0) is 38.1 Å². The largest absolute Gasteiger partial charge is 0.491 e. The number of hydrogen-bond acceptors (Lipinski definition) is 9. The van der Waals surface area contributed by atoms with Crippen molar-refractivity contribution in [2.75, 3.05) is 5.32 Å². The maximum atomic E-state index is 12.7. The van der Waals surface area contributed by atoms with Crippen LogP contribution in [0, 0.1) is 0 Å². The number of amides is 2. The van der Waals surface area contributed by atoms with Gasteiger partial charge in [0.2, 0.25) is 0 Å². The van der Waals surface area contributed by atoms with Gasteiger partial charge in [0.1, 0.15) is 22.9 Å². The van der Waals surface area contributed by atoms with Gasteiger partial charge in [0.15, 0.2) is 5.82 Å². The topological polar surface area (TPSA) is 171 Å². The van der Waals surface area contributed by atoms with Crippen LogP contribution in [0.15, 0.2) is 53.3 Å². The molecule has 0 saturated carbocycles. The molecule has 33 heavy (non-hydrogen) atoms. The lowest BCUT2D eigenvalue weighted by atomic mass is 10.2. The quantitative estimate of drug-likeness (QED) is 0.366. The predicted octanol–water partition coefficient (Wildman–Crippen LogP) is 2.79. The summed E-state index contributed by atoms with van der Waals surface area (Å²) in [6, 6.07) is 9.68. The number of rotatable bonds is 8. The number of nitrogens with one attached hydrogen (secondary N) is 2. The SMILES string of the molecule is CC(C)Oc1cc(Oc2ccc(-c3nc(C(N)=O)no3)nc2)cc(C(=O)Nc2cc[nH]n2)c1. The summed E-state index contributed by atoms with van der Waals surface area (Å²) in [6.45, 7) is 3.75. The lowest BCUT2D eigenvalue weighted by Gasteiger charge is -2.14. The highest BCUT2D eigenvalue weighted by atomic mass is 16.5. The maximum absolute atomic E-state index is 12.7. The lowest BCUT2D eigenvalue weighted by molar-refractivity contribution is 0.0985. The first-order chi connectivity index (χ1) is 15.9. The number of hydrogen-bond donors (Lipinski definition) is 3. The van der Waals surface area contributed by atoms with Crippen LogP contribution in [0.1, 0.15) is 34.8 Å². The molecule has 0 saturated heterocycles. The molecule has 12 nitrogen and oxygen atoms in total. The molecular formula is C21H19N7O5. The van der Waals surface area contributed by atoms with Gasteiger partial charge in [-0.1, -0.05) is 5.16 Å². The maximum Gasteiger partial charge on any atom is 0.290 e. The third-order valence-corrected chi connectivity index (χ3v) is 4.09. The van der Waals surface area contributed by atoms with Gasteiger partial charge in [-0.2, -0.15) is 10.1 Å². The molecule has 4 rings (SSSR count). The Bertz CT molecular complexity index is 1270. The number of pyridine rings is 1. The standard InChI is InChI=1S/C21H19N7O5/c1-11(2)31-14-7-12(20(30)25-17-5-6-24-27-17)8-15(9-14)32-13-3-4-16(23-10-13)21-26-19(18(22)29)28-33-21/h3-11H,1-2H3,(H2,22,29)(H2,24,25,27,30). The van der Waals surface area contributed by atoms with E-state index < -0.39 is 5.91 Å². The number of aromatic nitrogens is 5. The summed E-state index contributed by atoms with van der Waals surface area (Å²) in [4.78, 5) is 31.8. The molecule has 3 heterocycles. The Labute approximate surface area is 187 Å². The number of benzene rings is 1. The van der Waals surface area contributed by atoms with Crippen LogP contribution in [-0.4, -0.2) is 43.2 Å². The van der Waals surface area contributed by atoms with Crippen LogP contribution in [0.4, 0.5) is 5.82 Å². The molecule has 3 aromatic heterocycles. The first-order valence-electron chi connectivity index (χ1n) is 9.78. The van der Waals surface area contributed by atoms with E-state index in [-0.39, 0.29) is 23.7 Å². The first-order valence-corrected chi connectivity index (χ1v) is 9.78.